The summed E-state index contributed by atoms with van der Waals surface area (Å²) in [6, 6.07) is 1.94. The number of nitrogens with one attached hydrogen (secondary N) is 1. The average Bonchev–Trinajstić information content (AvgIpc) is 2.98. The zero-order valence-electron chi connectivity index (χ0n) is 12.2. The van der Waals surface area contributed by atoms with Gasteiger partial charge in [-0.3, -0.25) is 4.79 Å². The maximum Gasteiger partial charge on any atom is 0.270 e. The van der Waals surface area contributed by atoms with Gasteiger partial charge in [0.15, 0.2) is 5.58 Å². The molecular formula is C17H17N3O2. The number of nitrogens with zero attached hydrogens (tertiary/aromatic N) is 2. The van der Waals surface area contributed by atoms with Crippen molar-refractivity contribution in [2.24, 2.45) is 5.92 Å². The smallest absolute Gasteiger partial charge is 0.270 e. The summed E-state index contributed by atoms with van der Waals surface area (Å²) in [7, 11) is 0. The summed E-state index contributed by atoms with van der Waals surface area (Å²) in [4.78, 5) is 19.1. The third-order valence-corrected chi connectivity index (χ3v) is 4.82. The molecule has 0 aliphatic carbocycles. The molecule has 0 aromatic carbocycles. The van der Waals surface area contributed by atoms with E-state index in [0.29, 0.717) is 22.8 Å². The predicted octanol–water partition coefficient (Wildman–Crippen LogP) is 1.63. The number of pyridine rings is 1. The summed E-state index contributed by atoms with van der Waals surface area (Å²) >= 11 is 0. The van der Waals surface area contributed by atoms with E-state index >= 15 is 0 Å². The van der Waals surface area contributed by atoms with Crippen molar-refractivity contribution >= 4 is 16.9 Å². The SMILES string of the molecule is C#Cc1coc2cnc(C(=O)N[C@H]3CN4CCC3CC4)cc12. The Morgan fingerprint density at radius 1 is 1.45 bits per heavy atom. The Bertz CT molecular complexity index is 766. The lowest BCUT2D eigenvalue weighted by Crippen LogP contribution is -2.57. The molecule has 0 radical (unpaired) electrons. The second kappa shape index (κ2) is 5.15. The fourth-order valence-electron chi connectivity index (χ4n) is 3.54. The molecule has 0 unspecified atom stereocenters. The average molecular weight is 295 g/mol. The Balaban J connectivity index is 1.56. The highest BCUT2D eigenvalue weighted by molar-refractivity contribution is 5.96. The molecule has 5 heterocycles. The van der Waals surface area contributed by atoms with Crippen molar-refractivity contribution in [3.8, 4) is 12.3 Å². The quantitative estimate of drug-likeness (QED) is 0.856. The first kappa shape index (κ1) is 13.4. The lowest BCUT2D eigenvalue weighted by molar-refractivity contribution is 0.0618. The van der Waals surface area contributed by atoms with Gasteiger partial charge >= 0.3 is 0 Å². The summed E-state index contributed by atoms with van der Waals surface area (Å²) in [6.45, 7) is 3.25. The van der Waals surface area contributed by atoms with Crippen LogP contribution in [0.2, 0.25) is 0 Å². The van der Waals surface area contributed by atoms with Gasteiger partial charge in [-0.05, 0) is 37.9 Å². The second-order valence-electron chi connectivity index (χ2n) is 6.08. The largest absolute Gasteiger partial charge is 0.461 e. The fourth-order valence-corrected chi connectivity index (χ4v) is 3.54. The van der Waals surface area contributed by atoms with E-state index in [1.54, 1.807) is 12.3 Å². The van der Waals surface area contributed by atoms with Crippen LogP contribution in [0.5, 0.6) is 0 Å². The van der Waals surface area contributed by atoms with E-state index in [2.05, 4.69) is 21.1 Å². The normalized spacial score (nSPS) is 26.8. The van der Waals surface area contributed by atoms with Gasteiger partial charge in [-0.25, -0.2) is 4.98 Å². The predicted molar refractivity (Wildman–Crippen MR) is 82.4 cm³/mol. The van der Waals surface area contributed by atoms with Crippen LogP contribution in [0.15, 0.2) is 22.9 Å². The number of furan rings is 1. The van der Waals surface area contributed by atoms with Gasteiger partial charge < -0.3 is 14.6 Å². The Morgan fingerprint density at radius 2 is 2.27 bits per heavy atom. The molecule has 2 aromatic rings. The van der Waals surface area contributed by atoms with E-state index in [1.807, 2.05) is 0 Å². The monoisotopic (exact) mass is 295 g/mol. The Hall–Kier alpha value is -2.32. The van der Waals surface area contributed by atoms with E-state index in [4.69, 9.17) is 10.8 Å². The molecule has 1 amide bonds. The number of fused-ring (bicyclic) bond motifs is 4. The molecule has 2 aromatic heterocycles. The molecule has 3 fully saturated rings. The minimum atomic E-state index is -0.134. The van der Waals surface area contributed by atoms with Crippen molar-refractivity contribution in [1.29, 1.82) is 0 Å². The number of amides is 1. The van der Waals surface area contributed by atoms with Crippen LogP contribution in [-0.2, 0) is 0 Å². The molecule has 0 saturated carbocycles. The number of hydrogen-bond acceptors (Lipinski definition) is 4. The summed E-state index contributed by atoms with van der Waals surface area (Å²) in [5.74, 6) is 3.02. The van der Waals surface area contributed by atoms with Gasteiger partial charge in [0, 0.05) is 18.0 Å². The van der Waals surface area contributed by atoms with E-state index in [1.165, 1.54) is 19.1 Å². The van der Waals surface area contributed by atoms with Gasteiger partial charge in [-0.15, -0.1) is 6.42 Å². The summed E-state index contributed by atoms with van der Waals surface area (Å²) in [5.41, 5.74) is 1.64. The van der Waals surface area contributed by atoms with E-state index in [-0.39, 0.29) is 11.9 Å². The maximum atomic E-state index is 12.5. The van der Waals surface area contributed by atoms with Crippen molar-refractivity contribution in [1.82, 2.24) is 15.2 Å². The van der Waals surface area contributed by atoms with Crippen molar-refractivity contribution in [3.63, 3.8) is 0 Å². The first-order valence-corrected chi connectivity index (χ1v) is 7.61. The molecule has 3 saturated heterocycles. The number of terminal acetylenes is 1. The van der Waals surface area contributed by atoms with Crippen molar-refractivity contribution in [2.45, 2.75) is 18.9 Å². The van der Waals surface area contributed by atoms with E-state index in [9.17, 15) is 4.79 Å². The molecule has 0 spiro atoms. The van der Waals surface area contributed by atoms with Crippen molar-refractivity contribution < 1.29 is 9.21 Å². The highest BCUT2D eigenvalue weighted by Gasteiger charge is 2.35. The van der Waals surface area contributed by atoms with Crippen molar-refractivity contribution in [2.75, 3.05) is 19.6 Å². The van der Waals surface area contributed by atoms with Gasteiger partial charge in [0.1, 0.15) is 12.0 Å². The molecule has 5 heteroatoms. The summed E-state index contributed by atoms with van der Waals surface area (Å²) < 4.78 is 5.32. The first-order chi connectivity index (χ1) is 10.7. The highest BCUT2D eigenvalue weighted by Crippen LogP contribution is 2.28. The van der Waals surface area contributed by atoms with Crippen LogP contribution in [0, 0.1) is 18.3 Å². The molecule has 1 N–H and O–H groups in total. The van der Waals surface area contributed by atoms with Crippen LogP contribution in [0.4, 0.5) is 0 Å². The number of aromatic nitrogens is 1. The van der Waals surface area contributed by atoms with E-state index in [0.717, 1.165) is 25.0 Å². The van der Waals surface area contributed by atoms with Crippen LogP contribution < -0.4 is 5.32 Å². The summed E-state index contributed by atoms with van der Waals surface area (Å²) in [5, 5.41) is 3.90. The maximum absolute atomic E-state index is 12.5. The van der Waals surface area contributed by atoms with Crippen LogP contribution in [0.3, 0.4) is 0 Å². The highest BCUT2D eigenvalue weighted by atomic mass is 16.3. The Morgan fingerprint density at radius 3 is 2.95 bits per heavy atom. The Labute approximate surface area is 128 Å². The standard InChI is InChI=1S/C17H17N3O2/c1-2-11-10-22-16-8-18-14(7-13(11)16)17(21)19-15-9-20-5-3-12(15)4-6-20/h1,7-8,10,12,15H,3-6,9H2,(H,19,21)/t15-/m0/s1. The summed E-state index contributed by atoms with van der Waals surface area (Å²) in [6.07, 6.45) is 10.8. The molecule has 3 aliphatic rings. The van der Waals surface area contributed by atoms with Crippen LogP contribution in [0.1, 0.15) is 28.9 Å². The van der Waals surface area contributed by atoms with Crippen LogP contribution in [-0.4, -0.2) is 41.5 Å². The number of rotatable bonds is 2. The molecule has 3 aliphatic heterocycles. The minimum Gasteiger partial charge on any atom is -0.461 e. The second-order valence-corrected chi connectivity index (χ2v) is 6.08. The molecule has 1 atom stereocenters. The molecule has 5 rings (SSSR count). The molecule has 5 nitrogen and oxygen atoms in total. The third-order valence-electron chi connectivity index (χ3n) is 4.82. The zero-order chi connectivity index (χ0) is 15.1. The fraction of sp³-hybridized carbons (Fsp3) is 0.412. The Kier molecular flexibility index (Phi) is 3.12. The van der Waals surface area contributed by atoms with E-state index < -0.39 is 0 Å². The lowest BCUT2D eigenvalue weighted by atomic mass is 9.84. The first-order valence-electron chi connectivity index (χ1n) is 7.61. The molecule has 22 heavy (non-hydrogen) atoms. The van der Waals surface area contributed by atoms with Gasteiger partial charge in [0.05, 0.1) is 11.8 Å². The minimum absolute atomic E-state index is 0.134. The number of hydrogen-bond donors (Lipinski definition) is 1. The third kappa shape index (κ3) is 2.16. The van der Waals surface area contributed by atoms with Crippen LogP contribution >= 0.6 is 0 Å². The molecular weight excluding hydrogens is 278 g/mol. The zero-order valence-corrected chi connectivity index (χ0v) is 12.2. The molecule has 112 valence electrons. The van der Waals surface area contributed by atoms with Crippen LogP contribution in [0.25, 0.3) is 11.0 Å². The van der Waals surface area contributed by atoms with Crippen molar-refractivity contribution in [3.05, 3.63) is 29.8 Å². The van der Waals surface area contributed by atoms with Gasteiger partial charge in [0.25, 0.3) is 5.91 Å². The van der Waals surface area contributed by atoms with Gasteiger partial charge in [-0.1, -0.05) is 5.92 Å². The molecule has 2 bridgehead atoms. The number of carbonyl (C=O) groups excluding carboxylic acids is 1. The lowest BCUT2D eigenvalue weighted by Gasteiger charge is -2.44. The number of carbonyl (C=O) groups is 1. The van der Waals surface area contributed by atoms with Gasteiger partial charge in [0.2, 0.25) is 0 Å². The van der Waals surface area contributed by atoms with Gasteiger partial charge in [-0.2, -0.15) is 0 Å². The number of piperidine rings is 3. The topological polar surface area (TPSA) is 58.4 Å².